The molecule has 0 spiro atoms. The van der Waals surface area contributed by atoms with Gasteiger partial charge in [0.25, 0.3) is 0 Å². The summed E-state index contributed by atoms with van der Waals surface area (Å²) in [5, 5.41) is 1.01. The Hall–Kier alpha value is -1.91. The molecule has 0 aliphatic carbocycles. The van der Waals surface area contributed by atoms with Crippen LogP contribution in [0.5, 0.6) is 11.5 Å². The van der Waals surface area contributed by atoms with Crippen molar-refractivity contribution in [3.63, 3.8) is 0 Å². The number of ether oxygens (including phenoxy) is 3. The van der Waals surface area contributed by atoms with E-state index in [2.05, 4.69) is 0 Å². The molecule has 0 bridgehead atoms. The predicted octanol–water partition coefficient (Wildman–Crippen LogP) is 4.30. The number of carbonyl (C=O) groups excluding carboxylic acids is 1. The number of rotatable bonds is 6. The molecule has 2 aromatic rings. The lowest BCUT2D eigenvalue weighted by Gasteiger charge is -2.10. The molecule has 0 unspecified atom stereocenters. The van der Waals surface area contributed by atoms with Crippen LogP contribution in [0.1, 0.15) is 11.1 Å². The summed E-state index contributed by atoms with van der Waals surface area (Å²) in [4.78, 5) is 12.0. The van der Waals surface area contributed by atoms with Gasteiger partial charge in [-0.2, -0.15) is 0 Å². The van der Waals surface area contributed by atoms with Gasteiger partial charge in [0.1, 0.15) is 6.61 Å². The SMILES string of the molecule is COc1ccc(CC(=O)OCc2ccc(Cl)cc2Cl)cc1OC. The lowest BCUT2D eigenvalue weighted by atomic mass is 10.1. The maximum absolute atomic E-state index is 12.0. The first-order chi connectivity index (χ1) is 11.0. The molecule has 0 aliphatic heterocycles. The zero-order valence-corrected chi connectivity index (χ0v) is 14.3. The Labute approximate surface area is 144 Å². The molecule has 0 radical (unpaired) electrons. The van der Waals surface area contributed by atoms with Gasteiger partial charge in [-0.25, -0.2) is 0 Å². The molecule has 4 nitrogen and oxygen atoms in total. The highest BCUT2D eigenvalue weighted by molar-refractivity contribution is 6.35. The first kappa shape index (κ1) is 17.4. The minimum Gasteiger partial charge on any atom is -0.493 e. The number of methoxy groups -OCH3 is 2. The van der Waals surface area contributed by atoms with Crippen LogP contribution in [0.3, 0.4) is 0 Å². The Bertz CT molecular complexity index is 701. The Morgan fingerprint density at radius 2 is 1.74 bits per heavy atom. The van der Waals surface area contributed by atoms with Crippen LogP contribution >= 0.6 is 23.2 Å². The average Bonchev–Trinajstić information content (AvgIpc) is 2.54. The number of benzene rings is 2. The van der Waals surface area contributed by atoms with Gasteiger partial charge < -0.3 is 14.2 Å². The van der Waals surface area contributed by atoms with E-state index < -0.39 is 0 Å². The molecule has 0 fully saturated rings. The average molecular weight is 355 g/mol. The van der Waals surface area contributed by atoms with Gasteiger partial charge in [0.05, 0.1) is 20.6 Å². The summed E-state index contributed by atoms with van der Waals surface area (Å²) in [7, 11) is 3.10. The van der Waals surface area contributed by atoms with Gasteiger partial charge in [0.2, 0.25) is 0 Å². The highest BCUT2D eigenvalue weighted by atomic mass is 35.5. The van der Waals surface area contributed by atoms with Gasteiger partial charge in [-0.05, 0) is 29.8 Å². The molecule has 0 aromatic heterocycles. The smallest absolute Gasteiger partial charge is 0.310 e. The number of carbonyl (C=O) groups is 1. The van der Waals surface area contributed by atoms with Gasteiger partial charge in [-0.3, -0.25) is 4.79 Å². The van der Waals surface area contributed by atoms with E-state index >= 15 is 0 Å². The predicted molar refractivity (Wildman–Crippen MR) is 89.5 cm³/mol. The van der Waals surface area contributed by atoms with Crippen LogP contribution < -0.4 is 9.47 Å². The van der Waals surface area contributed by atoms with Crippen molar-refractivity contribution in [3.05, 3.63) is 57.6 Å². The van der Waals surface area contributed by atoms with E-state index in [4.69, 9.17) is 37.4 Å². The van der Waals surface area contributed by atoms with Crippen LogP contribution in [0.4, 0.5) is 0 Å². The standard InChI is InChI=1S/C17H16Cl2O4/c1-21-15-6-3-11(7-16(15)22-2)8-17(20)23-10-12-4-5-13(18)9-14(12)19/h3-7,9H,8,10H2,1-2H3. The fourth-order valence-electron chi connectivity index (χ4n) is 2.01. The van der Waals surface area contributed by atoms with Gasteiger partial charge in [0.15, 0.2) is 11.5 Å². The van der Waals surface area contributed by atoms with Crippen LogP contribution in [0.25, 0.3) is 0 Å². The van der Waals surface area contributed by atoms with E-state index in [1.54, 1.807) is 50.6 Å². The van der Waals surface area contributed by atoms with E-state index in [0.29, 0.717) is 27.1 Å². The van der Waals surface area contributed by atoms with Crippen molar-refractivity contribution in [2.75, 3.05) is 14.2 Å². The molecule has 23 heavy (non-hydrogen) atoms. The first-order valence-corrected chi connectivity index (χ1v) is 7.59. The monoisotopic (exact) mass is 354 g/mol. The third kappa shape index (κ3) is 4.78. The second-order valence-electron chi connectivity index (χ2n) is 4.76. The van der Waals surface area contributed by atoms with Crippen molar-refractivity contribution in [2.24, 2.45) is 0 Å². The Morgan fingerprint density at radius 3 is 2.39 bits per heavy atom. The Balaban J connectivity index is 1.97. The van der Waals surface area contributed by atoms with Crippen LogP contribution in [0, 0.1) is 0 Å². The number of halogens is 2. The van der Waals surface area contributed by atoms with E-state index in [0.717, 1.165) is 5.56 Å². The van der Waals surface area contributed by atoms with Crippen LogP contribution in [0.2, 0.25) is 10.0 Å². The Kier molecular flexibility index (Phi) is 6.13. The molecule has 0 aliphatic rings. The first-order valence-electron chi connectivity index (χ1n) is 6.84. The molecular formula is C17H16Cl2O4. The van der Waals surface area contributed by atoms with E-state index in [1.165, 1.54) is 0 Å². The van der Waals surface area contributed by atoms with Gasteiger partial charge in [-0.1, -0.05) is 35.3 Å². The van der Waals surface area contributed by atoms with Crippen LogP contribution in [-0.2, 0) is 22.6 Å². The molecule has 2 rings (SSSR count). The number of esters is 1. The largest absolute Gasteiger partial charge is 0.493 e. The summed E-state index contributed by atoms with van der Waals surface area (Å²) in [6, 6.07) is 10.3. The molecule has 2 aromatic carbocycles. The summed E-state index contributed by atoms with van der Waals surface area (Å²) >= 11 is 11.9. The quantitative estimate of drug-likeness (QED) is 0.725. The Morgan fingerprint density at radius 1 is 1.00 bits per heavy atom. The van der Waals surface area contributed by atoms with Crippen molar-refractivity contribution in [1.29, 1.82) is 0 Å². The topological polar surface area (TPSA) is 44.8 Å². The van der Waals surface area contributed by atoms with Crippen LogP contribution in [-0.4, -0.2) is 20.2 Å². The zero-order valence-electron chi connectivity index (χ0n) is 12.8. The molecule has 6 heteroatoms. The van der Waals surface area contributed by atoms with E-state index in [1.807, 2.05) is 0 Å². The van der Waals surface area contributed by atoms with Crippen molar-refractivity contribution < 1.29 is 19.0 Å². The zero-order chi connectivity index (χ0) is 16.8. The lowest BCUT2D eigenvalue weighted by molar-refractivity contribution is -0.144. The molecule has 0 N–H and O–H groups in total. The fraction of sp³-hybridized carbons (Fsp3) is 0.235. The summed E-state index contributed by atoms with van der Waals surface area (Å²) in [5.74, 6) is 0.819. The van der Waals surface area contributed by atoms with E-state index in [9.17, 15) is 4.79 Å². The van der Waals surface area contributed by atoms with Crippen molar-refractivity contribution in [3.8, 4) is 11.5 Å². The second-order valence-corrected chi connectivity index (χ2v) is 5.61. The summed E-state index contributed by atoms with van der Waals surface area (Å²) < 4.78 is 15.6. The molecule has 0 heterocycles. The van der Waals surface area contributed by atoms with Gasteiger partial charge >= 0.3 is 5.97 Å². The maximum atomic E-state index is 12.0. The minimum atomic E-state index is -0.358. The maximum Gasteiger partial charge on any atom is 0.310 e. The van der Waals surface area contributed by atoms with E-state index in [-0.39, 0.29) is 19.0 Å². The van der Waals surface area contributed by atoms with Gasteiger partial charge in [-0.15, -0.1) is 0 Å². The van der Waals surface area contributed by atoms with Crippen molar-refractivity contribution in [2.45, 2.75) is 13.0 Å². The highest BCUT2D eigenvalue weighted by Gasteiger charge is 2.10. The molecular weight excluding hydrogens is 339 g/mol. The molecule has 0 saturated heterocycles. The van der Waals surface area contributed by atoms with Crippen molar-refractivity contribution in [1.82, 2.24) is 0 Å². The number of hydrogen-bond acceptors (Lipinski definition) is 4. The summed E-state index contributed by atoms with van der Waals surface area (Å²) in [6.45, 7) is 0.0993. The summed E-state index contributed by atoms with van der Waals surface area (Å²) in [5.41, 5.74) is 1.48. The fourth-order valence-corrected chi connectivity index (χ4v) is 2.47. The van der Waals surface area contributed by atoms with Crippen LogP contribution in [0.15, 0.2) is 36.4 Å². The normalized spacial score (nSPS) is 10.3. The third-order valence-electron chi connectivity index (χ3n) is 3.20. The molecule has 0 atom stereocenters. The second kappa shape index (κ2) is 8.09. The van der Waals surface area contributed by atoms with Gasteiger partial charge in [0, 0.05) is 15.6 Å². The highest BCUT2D eigenvalue weighted by Crippen LogP contribution is 2.28. The molecule has 0 amide bonds. The lowest BCUT2D eigenvalue weighted by Crippen LogP contribution is -2.08. The van der Waals surface area contributed by atoms with Crippen molar-refractivity contribution >= 4 is 29.2 Å². The molecule has 0 saturated carbocycles. The molecule has 122 valence electrons. The summed E-state index contributed by atoms with van der Waals surface area (Å²) in [6.07, 6.45) is 0.131. The third-order valence-corrected chi connectivity index (χ3v) is 3.79. The number of hydrogen-bond donors (Lipinski definition) is 0. The minimum absolute atomic E-state index is 0.0993.